The van der Waals surface area contributed by atoms with Gasteiger partial charge in [0, 0.05) is 7.05 Å². The van der Waals surface area contributed by atoms with Crippen molar-refractivity contribution in [1.29, 1.82) is 0 Å². The first-order valence-corrected chi connectivity index (χ1v) is 6.16. The van der Waals surface area contributed by atoms with Gasteiger partial charge in [-0.2, -0.15) is 5.10 Å². The van der Waals surface area contributed by atoms with Gasteiger partial charge in [-0.25, -0.2) is 4.79 Å². The second-order valence-corrected chi connectivity index (χ2v) is 5.66. The molecule has 0 atom stereocenters. The third-order valence-corrected chi connectivity index (χ3v) is 3.81. The normalized spacial score (nSPS) is 20.6. The lowest BCUT2D eigenvalue weighted by Crippen LogP contribution is -2.41. The van der Waals surface area contributed by atoms with Gasteiger partial charge in [0.05, 0.1) is 23.9 Å². The molecule has 0 radical (unpaired) electrons. The molecule has 2 rings (SSSR count). The second-order valence-electron chi connectivity index (χ2n) is 5.66. The van der Waals surface area contributed by atoms with Gasteiger partial charge in [-0.15, -0.1) is 0 Å². The number of carbonyl (C=O) groups is 1. The van der Waals surface area contributed by atoms with Crippen molar-refractivity contribution in [2.24, 2.45) is 7.05 Å². The molecule has 1 aromatic rings. The Balaban J connectivity index is 2.30. The zero-order valence-electron chi connectivity index (χ0n) is 12.2. The smallest absolute Gasteiger partial charge is 0.464 e. The Hall–Kier alpha value is -1.34. The van der Waals surface area contributed by atoms with E-state index in [4.69, 9.17) is 9.31 Å². The van der Waals surface area contributed by atoms with E-state index in [0.717, 1.165) is 0 Å². The summed E-state index contributed by atoms with van der Waals surface area (Å²) in [7, 11) is 2.53. The van der Waals surface area contributed by atoms with Crippen LogP contribution in [-0.2, 0) is 21.1 Å². The van der Waals surface area contributed by atoms with Crippen LogP contribution >= 0.6 is 0 Å². The predicted molar refractivity (Wildman–Crippen MR) is 70.3 cm³/mol. The fourth-order valence-corrected chi connectivity index (χ4v) is 1.87. The number of aromatic nitrogens is 2. The van der Waals surface area contributed by atoms with Crippen LogP contribution in [-0.4, -0.2) is 41.2 Å². The summed E-state index contributed by atoms with van der Waals surface area (Å²) in [4.78, 5) is 11.5. The van der Waals surface area contributed by atoms with Crippen molar-refractivity contribution in [3.63, 3.8) is 0 Å². The van der Waals surface area contributed by atoms with Crippen LogP contribution in [0.5, 0.6) is 0 Å². The van der Waals surface area contributed by atoms with Crippen LogP contribution in [0.4, 0.5) is 0 Å². The third kappa shape index (κ3) is 2.28. The van der Waals surface area contributed by atoms with E-state index in [-0.39, 0.29) is 5.69 Å². The molecule has 19 heavy (non-hydrogen) atoms. The van der Waals surface area contributed by atoms with Crippen molar-refractivity contribution >= 4 is 18.7 Å². The van der Waals surface area contributed by atoms with E-state index < -0.39 is 24.3 Å². The first-order valence-electron chi connectivity index (χ1n) is 6.16. The minimum absolute atomic E-state index is 0.245. The fraction of sp³-hybridized carbons (Fsp3) is 0.667. The van der Waals surface area contributed by atoms with Gasteiger partial charge in [0.1, 0.15) is 0 Å². The molecule has 1 aromatic heterocycles. The molecule has 0 unspecified atom stereocenters. The predicted octanol–water partition coefficient (Wildman–Crippen LogP) is 0.506. The van der Waals surface area contributed by atoms with Gasteiger partial charge in [-0.05, 0) is 33.8 Å². The quantitative estimate of drug-likeness (QED) is 0.576. The highest BCUT2D eigenvalue weighted by atomic mass is 16.7. The minimum atomic E-state index is -0.541. The number of esters is 1. The molecule has 104 valence electrons. The molecule has 0 aliphatic carbocycles. The molecular formula is C12H19BN2O4. The molecule has 1 saturated heterocycles. The van der Waals surface area contributed by atoms with Gasteiger partial charge in [0.2, 0.25) is 0 Å². The molecule has 0 saturated carbocycles. The van der Waals surface area contributed by atoms with Crippen LogP contribution in [0.2, 0.25) is 0 Å². The average molecular weight is 266 g/mol. The van der Waals surface area contributed by atoms with Crippen LogP contribution in [0, 0.1) is 0 Å². The van der Waals surface area contributed by atoms with Crippen LogP contribution < -0.4 is 5.59 Å². The van der Waals surface area contributed by atoms with Gasteiger partial charge in [-0.1, -0.05) is 0 Å². The van der Waals surface area contributed by atoms with E-state index in [1.807, 2.05) is 27.7 Å². The summed E-state index contributed by atoms with van der Waals surface area (Å²) in [6.07, 6.45) is 0. The Morgan fingerprint density at radius 3 is 2.32 bits per heavy atom. The Morgan fingerprint density at radius 1 is 1.32 bits per heavy atom. The second kappa shape index (κ2) is 4.35. The van der Waals surface area contributed by atoms with Crippen molar-refractivity contribution < 1.29 is 18.8 Å². The molecule has 7 heteroatoms. The molecule has 2 heterocycles. The summed E-state index contributed by atoms with van der Waals surface area (Å²) in [6.45, 7) is 7.91. The van der Waals surface area contributed by atoms with E-state index in [1.165, 1.54) is 7.11 Å². The number of carbonyl (C=O) groups excluding carboxylic acids is 1. The van der Waals surface area contributed by atoms with Gasteiger partial charge < -0.3 is 14.0 Å². The fourth-order valence-electron chi connectivity index (χ4n) is 1.87. The maximum absolute atomic E-state index is 11.5. The molecule has 1 fully saturated rings. The minimum Gasteiger partial charge on any atom is -0.464 e. The van der Waals surface area contributed by atoms with Crippen molar-refractivity contribution in [2.75, 3.05) is 7.11 Å². The summed E-state index contributed by atoms with van der Waals surface area (Å²) in [5, 5.41) is 4.10. The van der Waals surface area contributed by atoms with Crippen molar-refractivity contribution in [3.8, 4) is 0 Å². The van der Waals surface area contributed by atoms with E-state index >= 15 is 0 Å². The Morgan fingerprint density at radius 2 is 1.84 bits per heavy atom. The molecule has 1 aliphatic heterocycles. The Kier molecular flexibility index (Phi) is 3.22. The molecule has 0 bridgehead atoms. The topological polar surface area (TPSA) is 62.6 Å². The van der Waals surface area contributed by atoms with E-state index in [2.05, 4.69) is 9.84 Å². The van der Waals surface area contributed by atoms with Gasteiger partial charge in [0.15, 0.2) is 5.69 Å². The molecule has 0 spiro atoms. The zero-order valence-corrected chi connectivity index (χ0v) is 12.2. The molecular weight excluding hydrogens is 247 g/mol. The molecule has 0 N–H and O–H groups in total. The zero-order chi connectivity index (χ0) is 14.4. The number of methoxy groups -OCH3 is 1. The van der Waals surface area contributed by atoms with Crippen molar-refractivity contribution in [2.45, 2.75) is 38.9 Å². The van der Waals surface area contributed by atoms with Crippen LogP contribution in [0.1, 0.15) is 38.2 Å². The van der Waals surface area contributed by atoms with E-state index in [9.17, 15) is 4.79 Å². The highest BCUT2D eigenvalue weighted by Crippen LogP contribution is 2.36. The number of ether oxygens (including phenoxy) is 1. The summed E-state index contributed by atoms with van der Waals surface area (Å²) in [6, 6.07) is 1.63. The lowest BCUT2D eigenvalue weighted by atomic mass is 9.84. The van der Waals surface area contributed by atoms with Crippen LogP contribution in [0.25, 0.3) is 0 Å². The third-order valence-electron chi connectivity index (χ3n) is 3.81. The molecule has 0 amide bonds. The molecule has 6 nitrogen and oxygen atoms in total. The first kappa shape index (κ1) is 14.1. The highest BCUT2D eigenvalue weighted by Gasteiger charge is 2.52. The summed E-state index contributed by atoms with van der Waals surface area (Å²) in [5.41, 5.74) is 0.0922. The Labute approximate surface area is 113 Å². The average Bonchev–Trinajstić information content (AvgIpc) is 2.77. The van der Waals surface area contributed by atoms with Crippen molar-refractivity contribution in [3.05, 3.63) is 11.8 Å². The number of hydrogen-bond donors (Lipinski definition) is 0. The summed E-state index contributed by atoms with van der Waals surface area (Å²) < 4.78 is 18.1. The summed E-state index contributed by atoms with van der Waals surface area (Å²) >= 11 is 0. The van der Waals surface area contributed by atoms with Gasteiger partial charge >= 0.3 is 13.1 Å². The molecule has 1 aliphatic rings. The number of rotatable bonds is 2. The van der Waals surface area contributed by atoms with Gasteiger partial charge in [0.25, 0.3) is 0 Å². The maximum Gasteiger partial charge on any atom is 0.514 e. The highest BCUT2D eigenvalue weighted by molar-refractivity contribution is 6.61. The number of hydrogen-bond acceptors (Lipinski definition) is 5. The summed E-state index contributed by atoms with van der Waals surface area (Å²) in [5.74, 6) is -0.474. The maximum atomic E-state index is 11.5. The van der Waals surface area contributed by atoms with E-state index in [0.29, 0.717) is 5.59 Å². The lowest BCUT2D eigenvalue weighted by Gasteiger charge is -2.32. The lowest BCUT2D eigenvalue weighted by molar-refractivity contribution is 0.00578. The standard InChI is InChI=1S/C12H19BN2O4/c1-11(2)12(3,4)19-13(18-11)9-7-8(10(16)17-6)14-15(9)5/h7H,1-6H3. The van der Waals surface area contributed by atoms with Gasteiger partial charge in [-0.3, -0.25) is 4.68 Å². The first-order chi connectivity index (χ1) is 8.68. The number of nitrogens with zero attached hydrogens (tertiary/aromatic N) is 2. The van der Waals surface area contributed by atoms with Crippen molar-refractivity contribution in [1.82, 2.24) is 9.78 Å². The monoisotopic (exact) mass is 266 g/mol. The van der Waals surface area contributed by atoms with E-state index in [1.54, 1.807) is 17.8 Å². The molecule has 0 aromatic carbocycles. The van der Waals surface area contributed by atoms with Crippen LogP contribution in [0.15, 0.2) is 6.07 Å². The Bertz CT molecular complexity index is 494. The van der Waals surface area contributed by atoms with Crippen LogP contribution in [0.3, 0.4) is 0 Å². The number of aryl methyl sites for hydroxylation is 1. The largest absolute Gasteiger partial charge is 0.514 e. The SMILES string of the molecule is COC(=O)c1cc(B2OC(C)(C)C(C)(C)O2)n(C)n1.